The summed E-state index contributed by atoms with van der Waals surface area (Å²) in [6.45, 7) is 0. The molecule has 0 amide bonds. The van der Waals surface area contributed by atoms with Gasteiger partial charge in [-0.05, 0) is 75.9 Å². The van der Waals surface area contributed by atoms with Crippen molar-refractivity contribution < 1.29 is 9.53 Å². The fourth-order valence-corrected chi connectivity index (χ4v) is 7.00. The summed E-state index contributed by atoms with van der Waals surface area (Å²) in [7, 11) is 2.23. The number of benzene rings is 1. The molecule has 7 heteroatoms. The van der Waals surface area contributed by atoms with Crippen LogP contribution in [-0.2, 0) is 0 Å². The third kappa shape index (κ3) is 3.81. The molecule has 2 aliphatic heterocycles. The molecule has 172 valence electrons. The van der Waals surface area contributed by atoms with Crippen molar-refractivity contribution in [2.24, 2.45) is 5.92 Å². The van der Waals surface area contributed by atoms with Crippen molar-refractivity contribution >= 4 is 27.3 Å². The summed E-state index contributed by atoms with van der Waals surface area (Å²) in [5.74, 6) is 1.12. The Kier molecular flexibility index (Phi) is 5.34. The van der Waals surface area contributed by atoms with Crippen LogP contribution in [0.3, 0.4) is 0 Å². The minimum atomic E-state index is -0.129. The van der Waals surface area contributed by atoms with E-state index in [1.165, 1.54) is 24.2 Å². The summed E-state index contributed by atoms with van der Waals surface area (Å²) in [6.07, 6.45) is 10.7. The van der Waals surface area contributed by atoms with Crippen molar-refractivity contribution in [1.29, 1.82) is 0 Å². The van der Waals surface area contributed by atoms with Crippen molar-refractivity contribution in [2.45, 2.75) is 69.6 Å². The van der Waals surface area contributed by atoms with E-state index in [0.29, 0.717) is 27.2 Å². The van der Waals surface area contributed by atoms with E-state index in [1.54, 1.807) is 17.0 Å². The van der Waals surface area contributed by atoms with Gasteiger partial charge >= 0.3 is 0 Å². The van der Waals surface area contributed by atoms with Gasteiger partial charge in [-0.1, -0.05) is 12.8 Å². The molecule has 3 aliphatic rings. The Bertz CT molecular complexity index is 1230. The summed E-state index contributed by atoms with van der Waals surface area (Å²) in [5.41, 5.74) is 1.23. The van der Waals surface area contributed by atoms with Crippen molar-refractivity contribution in [2.75, 3.05) is 7.05 Å². The van der Waals surface area contributed by atoms with Crippen LogP contribution in [-0.4, -0.2) is 45.5 Å². The third-order valence-electron chi connectivity index (χ3n) is 7.88. The fraction of sp³-hybridized carbons (Fsp3) is 0.500. The number of nitrogens with zero attached hydrogens (tertiary/aromatic N) is 3. The number of Topliss-reactive ketones (excluding diaryl/α,β-unsaturated/α-hetero) is 1. The number of ether oxygens (including phenoxy) is 1. The molecule has 2 saturated heterocycles. The van der Waals surface area contributed by atoms with Gasteiger partial charge in [-0.3, -0.25) is 14.2 Å². The van der Waals surface area contributed by atoms with Gasteiger partial charge in [0.15, 0.2) is 5.78 Å². The Hall–Kier alpha value is -2.51. The van der Waals surface area contributed by atoms with Crippen LogP contribution in [0.25, 0.3) is 15.9 Å². The smallest absolute Gasteiger partial charge is 0.275 e. The predicted octanol–water partition coefficient (Wildman–Crippen LogP) is 4.82. The molecule has 2 bridgehead atoms. The van der Waals surface area contributed by atoms with E-state index in [2.05, 4.69) is 16.9 Å². The van der Waals surface area contributed by atoms with Crippen molar-refractivity contribution in [1.82, 2.24) is 14.5 Å². The first kappa shape index (κ1) is 21.1. The zero-order valence-electron chi connectivity index (χ0n) is 18.9. The molecule has 6 nitrogen and oxygen atoms in total. The first-order valence-electron chi connectivity index (χ1n) is 12.1. The number of rotatable bonds is 5. The van der Waals surface area contributed by atoms with Crippen LogP contribution < -0.4 is 10.3 Å². The van der Waals surface area contributed by atoms with Gasteiger partial charge in [0, 0.05) is 18.0 Å². The predicted molar refractivity (Wildman–Crippen MR) is 130 cm³/mol. The third-order valence-corrected chi connectivity index (χ3v) is 9.01. The van der Waals surface area contributed by atoms with E-state index in [9.17, 15) is 9.59 Å². The largest absolute Gasteiger partial charge is 0.490 e. The number of carbonyl (C=O) groups excluding carboxylic acids is 1. The van der Waals surface area contributed by atoms with Crippen molar-refractivity contribution in [3.05, 3.63) is 51.9 Å². The molecule has 0 radical (unpaired) electrons. The molecule has 2 aromatic heterocycles. The molecule has 1 aliphatic carbocycles. The van der Waals surface area contributed by atoms with E-state index < -0.39 is 0 Å². The zero-order chi connectivity index (χ0) is 22.5. The molecule has 3 aromatic rings. The number of aromatic nitrogens is 2. The van der Waals surface area contributed by atoms with Crippen LogP contribution in [0.2, 0.25) is 0 Å². The number of fused-ring (bicyclic) bond motifs is 3. The van der Waals surface area contributed by atoms with Crippen LogP contribution in [0.1, 0.15) is 61.0 Å². The van der Waals surface area contributed by atoms with E-state index in [1.807, 2.05) is 24.3 Å². The SMILES string of the molecule is CN1[C@@H]2CC[C@H]1C[C@@H](Oc1ccc(-n3cnc4cc(C(=O)C5CCCC5)sc4c3=O)cc1)C2. The van der Waals surface area contributed by atoms with Crippen LogP contribution >= 0.6 is 11.3 Å². The summed E-state index contributed by atoms with van der Waals surface area (Å²) < 4.78 is 8.39. The number of hydrogen-bond acceptors (Lipinski definition) is 6. The highest BCUT2D eigenvalue weighted by Gasteiger charge is 2.39. The van der Waals surface area contributed by atoms with Crippen molar-refractivity contribution in [3.8, 4) is 11.4 Å². The molecule has 0 spiro atoms. The number of piperidine rings is 1. The second-order valence-electron chi connectivity index (χ2n) is 9.85. The van der Waals surface area contributed by atoms with Crippen LogP contribution in [0.4, 0.5) is 0 Å². The summed E-state index contributed by atoms with van der Waals surface area (Å²) >= 11 is 1.29. The topological polar surface area (TPSA) is 64.4 Å². The molecule has 3 fully saturated rings. The van der Waals surface area contributed by atoms with E-state index in [0.717, 1.165) is 50.0 Å². The van der Waals surface area contributed by atoms with Gasteiger partial charge in [-0.15, -0.1) is 11.3 Å². The van der Waals surface area contributed by atoms with Gasteiger partial charge in [0.25, 0.3) is 5.56 Å². The van der Waals surface area contributed by atoms with Gasteiger partial charge in [0.05, 0.1) is 16.1 Å². The maximum Gasteiger partial charge on any atom is 0.275 e. The highest BCUT2D eigenvalue weighted by molar-refractivity contribution is 7.20. The highest BCUT2D eigenvalue weighted by Crippen LogP contribution is 2.36. The Balaban J connectivity index is 1.21. The molecule has 0 N–H and O–H groups in total. The quantitative estimate of drug-likeness (QED) is 0.508. The fourth-order valence-electron chi connectivity index (χ4n) is 5.94. The molecule has 1 saturated carbocycles. The Morgan fingerprint density at radius 1 is 1.06 bits per heavy atom. The Labute approximate surface area is 197 Å². The average molecular weight is 464 g/mol. The molecule has 33 heavy (non-hydrogen) atoms. The Morgan fingerprint density at radius 3 is 2.45 bits per heavy atom. The van der Waals surface area contributed by atoms with Gasteiger partial charge in [-0.2, -0.15) is 0 Å². The minimum absolute atomic E-state index is 0.104. The average Bonchev–Trinajstić information content (AvgIpc) is 3.54. The van der Waals surface area contributed by atoms with E-state index in [4.69, 9.17) is 4.74 Å². The maximum atomic E-state index is 13.2. The summed E-state index contributed by atoms with van der Waals surface area (Å²) in [6, 6.07) is 10.8. The van der Waals surface area contributed by atoms with E-state index >= 15 is 0 Å². The van der Waals surface area contributed by atoms with Crippen LogP contribution in [0.15, 0.2) is 41.5 Å². The van der Waals surface area contributed by atoms with Crippen LogP contribution in [0.5, 0.6) is 5.75 Å². The first-order chi connectivity index (χ1) is 16.1. The lowest BCUT2D eigenvalue weighted by Crippen LogP contribution is -2.43. The Morgan fingerprint density at radius 2 is 1.76 bits per heavy atom. The molecule has 1 aromatic carbocycles. The zero-order valence-corrected chi connectivity index (χ0v) is 19.7. The lowest BCUT2D eigenvalue weighted by Gasteiger charge is -2.36. The van der Waals surface area contributed by atoms with Gasteiger partial charge in [0.1, 0.15) is 22.9 Å². The normalized spacial score (nSPS) is 25.7. The number of ketones is 1. The van der Waals surface area contributed by atoms with Gasteiger partial charge < -0.3 is 9.64 Å². The second kappa shape index (κ2) is 8.37. The molecule has 6 rings (SSSR count). The summed E-state index contributed by atoms with van der Waals surface area (Å²) in [5, 5.41) is 0. The first-order valence-corrected chi connectivity index (χ1v) is 12.9. The highest BCUT2D eigenvalue weighted by atomic mass is 32.1. The molecule has 0 unspecified atom stereocenters. The number of hydrogen-bond donors (Lipinski definition) is 0. The lowest BCUT2D eigenvalue weighted by molar-refractivity contribution is 0.0661. The van der Waals surface area contributed by atoms with Gasteiger partial charge in [-0.25, -0.2) is 4.98 Å². The maximum absolute atomic E-state index is 13.2. The molecule has 4 heterocycles. The molecular formula is C26H29N3O3S. The number of carbonyl (C=O) groups is 1. The monoisotopic (exact) mass is 463 g/mol. The van der Waals surface area contributed by atoms with Gasteiger partial charge in [0.2, 0.25) is 0 Å². The summed E-state index contributed by atoms with van der Waals surface area (Å²) in [4.78, 5) is 33.6. The molecule has 3 atom stereocenters. The van der Waals surface area contributed by atoms with E-state index in [-0.39, 0.29) is 23.4 Å². The number of thiophene rings is 1. The second-order valence-corrected chi connectivity index (χ2v) is 10.9. The van der Waals surface area contributed by atoms with Crippen LogP contribution in [0, 0.1) is 5.92 Å². The molecular weight excluding hydrogens is 434 g/mol. The lowest BCUT2D eigenvalue weighted by atomic mass is 10.0. The minimum Gasteiger partial charge on any atom is -0.490 e. The van der Waals surface area contributed by atoms with Crippen molar-refractivity contribution in [3.63, 3.8) is 0 Å². The standard InChI is InChI=1S/C26H29N3O3S/c1-28-18-6-7-19(28)13-21(12-18)32-20-10-8-17(9-11-20)29-15-27-22-14-23(33-25(22)26(29)31)24(30)16-4-2-3-5-16/h8-11,14-16,18-19,21H,2-7,12-13H2,1H3/t18-,19+,21+.